The monoisotopic (exact) mass is 362 g/mol. The molecule has 140 valence electrons. The van der Waals surface area contributed by atoms with E-state index in [0.717, 1.165) is 31.6 Å². The summed E-state index contributed by atoms with van der Waals surface area (Å²) in [6.45, 7) is 3.83. The van der Waals surface area contributed by atoms with Gasteiger partial charge in [0.2, 0.25) is 0 Å². The van der Waals surface area contributed by atoms with Crippen molar-refractivity contribution < 1.29 is 10.1 Å². The molecule has 0 spiro atoms. The summed E-state index contributed by atoms with van der Waals surface area (Å²) in [5.74, 6) is 0.748. The number of nitrogens with zero attached hydrogens (tertiary/aromatic N) is 2. The molecular formula is C22H27BN2O2. The zero-order chi connectivity index (χ0) is 18.8. The Morgan fingerprint density at radius 1 is 1.15 bits per heavy atom. The number of piperidine rings is 1. The number of benzene rings is 1. The maximum Gasteiger partial charge on any atom is 0.376 e. The van der Waals surface area contributed by atoms with E-state index in [1.807, 2.05) is 19.1 Å². The van der Waals surface area contributed by atoms with Crippen LogP contribution >= 0.6 is 0 Å². The normalized spacial score (nSPS) is 20.4. The highest BCUT2D eigenvalue weighted by atomic mass is 16.3. The van der Waals surface area contributed by atoms with Crippen molar-refractivity contribution >= 4 is 18.7 Å². The fourth-order valence-corrected chi connectivity index (χ4v) is 4.72. The average Bonchev–Trinajstić information content (AvgIpc) is 2.83. The lowest BCUT2D eigenvalue weighted by molar-refractivity contribution is 0.235. The highest BCUT2D eigenvalue weighted by Crippen LogP contribution is 2.44. The highest BCUT2D eigenvalue weighted by molar-refractivity contribution is 6.45. The molecule has 27 heavy (non-hydrogen) atoms. The van der Waals surface area contributed by atoms with E-state index in [1.165, 1.54) is 22.3 Å². The van der Waals surface area contributed by atoms with Crippen LogP contribution in [0.15, 0.2) is 42.6 Å². The fraction of sp³-hybridized carbons (Fsp3) is 0.409. The van der Waals surface area contributed by atoms with E-state index in [9.17, 15) is 10.1 Å². The van der Waals surface area contributed by atoms with Gasteiger partial charge in [0.1, 0.15) is 0 Å². The predicted octanol–water partition coefficient (Wildman–Crippen LogP) is 3.27. The van der Waals surface area contributed by atoms with E-state index in [2.05, 4.69) is 41.2 Å². The zero-order valence-electron chi connectivity index (χ0n) is 15.9. The van der Waals surface area contributed by atoms with Crippen LogP contribution in [0.25, 0.3) is 11.6 Å². The molecule has 1 unspecified atom stereocenters. The van der Waals surface area contributed by atoms with Gasteiger partial charge in [-0.25, -0.2) is 0 Å². The van der Waals surface area contributed by atoms with Crippen LogP contribution in [0.2, 0.25) is 6.82 Å². The third-order valence-corrected chi connectivity index (χ3v) is 6.09. The molecule has 0 bridgehead atoms. The van der Waals surface area contributed by atoms with Gasteiger partial charge >= 0.3 is 7.05 Å². The Morgan fingerprint density at radius 3 is 2.67 bits per heavy atom. The Labute approximate surface area is 161 Å². The molecule has 0 amide bonds. The minimum Gasteiger partial charge on any atom is -0.437 e. The van der Waals surface area contributed by atoms with Crippen LogP contribution in [0.1, 0.15) is 47.6 Å². The average molecular weight is 362 g/mol. The molecular weight excluding hydrogens is 335 g/mol. The number of hydrogen-bond donors (Lipinski definition) is 2. The molecule has 1 fully saturated rings. The van der Waals surface area contributed by atoms with E-state index in [4.69, 9.17) is 4.98 Å². The minimum atomic E-state index is -0.379. The number of aliphatic hydroxyl groups is 1. The lowest BCUT2D eigenvalue weighted by Gasteiger charge is -2.37. The van der Waals surface area contributed by atoms with Crippen molar-refractivity contribution in [2.24, 2.45) is 5.92 Å². The predicted molar refractivity (Wildman–Crippen MR) is 110 cm³/mol. The van der Waals surface area contributed by atoms with E-state index in [1.54, 1.807) is 0 Å². The Kier molecular flexibility index (Phi) is 5.44. The van der Waals surface area contributed by atoms with Crippen molar-refractivity contribution in [1.82, 2.24) is 9.79 Å². The van der Waals surface area contributed by atoms with E-state index in [-0.39, 0.29) is 19.6 Å². The van der Waals surface area contributed by atoms with Crippen molar-refractivity contribution in [3.05, 3.63) is 65.0 Å². The fourth-order valence-electron chi connectivity index (χ4n) is 4.72. The van der Waals surface area contributed by atoms with Gasteiger partial charge in [-0.2, -0.15) is 0 Å². The molecule has 1 aliphatic heterocycles. The maximum absolute atomic E-state index is 9.91. The van der Waals surface area contributed by atoms with Crippen LogP contribution in [0.3, 0.4) is 0 Å². The quantitative estimate of drug-likeness (QED) is 0.820. The van der Waals surface area contributed by atoms with Crippen LogP contribution in [0, 0.1) is 5.92 Å². The number of aliphatic hydroxyl groups excluding tert-OH is 1. The molecule has 1 aromatic heterocycles. The van der Waals surface area contributed by atoms with Crippen molar-refractivity contribution in [3.8, 4) is 0 Å². The SMILES string of the molecule is CB(O)N1CCC(C2c3ccccc3C(CCO)=Cc3cccnc32)CC1. The maximum atomic E-state index is 9.91. The molecule has 0 saturated carbocycles. The van der Waals surface area contributed by atoms with Crippen LogP contribution < -0.4 is 0 Å². The van der Waals surface area contributed by atoms with Gasteiger partial charge in [-0.05, 0) is 79.5 Å². The van der Waals surface area contributed by atoms with Gasteiger partial charge in [0.15, 0.2) is 0 Å². The van der Waals surface area contributed by atoms with Crippen molar-refractivity contribution in [1.29, 1.82) is 0 Å². The first kappa shape index (κ1) is 18.4. The third-order valence-electron chi connectivity index (χ3n) is 6.09. The largest absolute Gasteiger partial charge is 0.437 e. The molecule has 1 aliphatic carbocycles. The summed E-state index contributed by atoms with van der Waals surface area (Å²) < 4.78 is 0. The van der Waals surface area contributed by atoms with Gasteiger partial charge in [-0.1, -0.05) is 30.3 Å². The number of fused-ring (bicyclic) bond motifs is 2. The van der Waals surface area contributed by atoms with Gasteiger partial charge in [-0.3, -0.25) is 4.98 Å². The highest BCUT2D eigenvalue weighted by Gasteiger charge is 2.35. The smallest absolute Gasteiger partial charge is 0.376 e. The molecule has 2 aromatic rings. The summed E-state index contributed by atoms with van der Waals surface area (Å²) in [6, 6.07) is 12.7. The lowest BCUT2D eigenvalue weighted by atomic mass is 9.73. The number of aromatic nitrogens is 1. The first-order valence-corrected chi connectivity index (χ1v) is 9.97. The summed E-state index contributed by atoms with van der Waals surface area (Å²) in [5, 5.41) is 19.5. The van der Waals surface area contributed by atoms with Crippen LogP contribution in [-0.2, 0) is 0 Å². The van der Waals surface area contributed by atoms with Gasteiger partial charge in [-0.15, -0.1) is 0 Å². The van der Waals surface area contributed by atoms with Crippen LogP contribution in [-0.4, -0.2) is 46.7 Å². The van der Waals surface area contributed by atoms with Gasteiger partial charge < -0.3 is 14.9 Å². The molecule has 4 rings (SSSR count). The number of rotatable bonds is 4. The molecule has 5 heteroatoms. The van der Waals surface area contributed by atoms with Crippen molar-refractivity contribution in [3.63, 3.8) is 0 Å². The van der Waals surface area contributed by atoms with Gasteiger partial charge in [0, 0.05) is 18.7 Å². The second-order valence-corrected chi connectivity index (χ2v) is 7.69. The number of pyridine rings is 1. The molecule has 4 nitrogen and oxygen atoms in total. The molecule has 2 N–H and O–H groups in total. The molecule has 1 atom stereocenters. The molecule has 1 aromatic carbocycles. The van der Waals surface area contributed by atoms with E-state index in [0.29, 0.717) is 12.3 Å². The Bertz CT molecular complexity index is 829. The standard InChI is InChI=1S/C22H27BN2O2/c1-23(27)25-12-8-16(9-13-25)21-20-7-3-2-6-19(20)17(10-14-26)15-18-5-4-11-24-22(18)21/h2-7,11,15-16,21,26-27H,8-10,12-14H2,1H3. The number of hydrogen-bond acceptors (Lipinski definition) is 4. The summed E-state index contributed by atoms with van der Waals surface area (Å²) in [6.07, 6.45) is 6.86. The second kappa shape index (κ2) is 7.97. The Balaban J connectivity index is 1.78. The summed E-state index contributed by atoms with van der Waals surface area (Å²) in [7, 11) is -0.379. The summed E-state index contributed by atoms with van der Waals surface area (Å²) >= 11 is 0. The third kappa shape index (κ3) is 3.59. The summed E-state index contributed by atoms with van der Waals surface area (Å²) in [4.78, 5) is 6.96. The molecule has 0 radical (unpaired) electrons. The molecule has 1 saturated heterocycles. The zero-order valence-corrected chi connectivity index (χ0v) is 15.9. The van der Waals surface area contributed by atoms with E-state index >= 15 is 0 Å². The molecule has 2 heterocycles. The Morgan fingerprint density at radius 2 is 1.93 bits per heavy atom. The topological polar surface area (TPSA) is 56.6 Å². The molecule has 2 aliphatic rings. The first-order valence-electron chi connectivity index (χ1n) is 9.97. The van der Waals surface area contributed by atoms with Crippen molar-refractivity contribution in [2.45, 2.75) is 32.0 Å². The first-order chi connectivity index (χ1) is 13.2. The van der Waals surface area contributed by atoms with E-state index < -0.39 is 0 Å². The van der Waals surface area contributed by atoms with Gasteiger partial charge in [0.25, 0.3) is 0 Å². The lowest BCUT2D eigenvalue weighted by Crippen LogP contribution is -2.44. The second-order valence-electron chi connectivity index (χ2n) is 7.69. The summed E-state index contributed by atoms with van der Waals surface area (Å²) in [5.41, 5.74) is 6.07. The Hall–Kier alpha value is -1.95. The van der Waals surface area contributed by atoms with Crippen LogP contribution in [0.5, 0.6) is 0 Å². The minimum absolute atomic E-state index is 0.146. The van der Waals surface area contributed by atoms with Gasteiger partial charge in [0.05, 0.1) is 5.69 Å². The van der Waals surface area contributed by atoms with Crippen LogP contribution in [0.4, 0.5) is 0 Å². The van der Waals surface area contributed by atoms with Crippen molar-refractivity contribution in [2.75, 3.05) is 19.7 Å².